The molecule has 28 heavy (non-hydrogen) atoms. The predicted octanol–water partition coefficient (Wildman–Crippen LogP) is 4.54. The van der Waals surface area contributed by atoms with Crippen LogP contribution < -0.4 is 16.0 Å². The number of urea groups is 1. The Kier molecular flexibility index (Phi) is 5.96. The van der Waals surface area contributed by atoms with E-state index in [2.05, 4.69) is 16.0 Å². The molecular weight excluding hydrogens is 364 g/mol. The van der Waals surface area contributed by atoms with Gasteiger partial charge in [0.1, 0.15) is 11.6 Å². The molecule has 0 bridgehead atoms. The summed E-state index contributed by atoms with van der Waals surface area (Å²) in [6, 6.07) is 17.2. The molecule has 3 rings (SSSR count). The zero-order valence-electron chi connectivity index (χ0n) is 14.7. The second-order valence-corrected chi connectivity index (χ2v) is 5.98. The highest BCUT2D eigenvalue weighted by Gasteiger charge is 2.09. The van der Waals surface area contributed by atoms with E-state index in [4.69, 9.17) is 0 Å². The summed E-state index contributed by atoms with van der Waals surface area (Å²) in [4.78, 5) is 24.3. The maximum atomic E-state index is 13.2. The summed E-state index contributed by atoms with van der Waals surface area (Å²) in [7, 11) is 0. The minimum Gasteiger partial charge on any atom is -0.334 e. The highest BCUT2D eigenvalue weighted by atomic mass is 19.1. The van der Waals surface area contributed by atoms with Gasteiger partial charge in [-0.2, -0.15) is 0 Å². The van der Waals surface area contributed by atoms with Gasteiger partial charge in [-0.3, -0.25) is 4.79 Å². The number of amides is 3. The first-order chi connectivity index (χ1) is 13.5. The molecule has 7 heteroatoms. The van der Waals surface area contributed by atoms with Crippen molar-refractivity contribution >= 4 is 23.3 Å². The van der Waals surface area contributed by atoms with Crippen molar-refractivity contribution in [3.8, 4) is 0 Å². The van der Waals surface area contributed by atoms with E-state index in [-0.39, 0.29) is 12.4 Å². The number of carbonyl (C=O) groups is 2. The molecule has 0 saturated carbocycles. The van der Waals surface area contributed by atoms with Gasteiger partial charge in [-0.15, -0.1) is 0 Å². The van der Waals surface area contributed by atoms with Crippen molar-refractivity contribution in [1.29, 1.82) is 0 Å². The number of carbonyl (C=O) groups excluding carboxylic acids is 2. The van der Waals surface area contributed by atoms with Crippen LogP contribution in [0.5, 0.6) is 0 Å². The van der Waals surface area contributed by atoms with Gasteiger partial charge >= 0.3 is 6.03 Å². The van der Waals surface area contributed by atoms with Crippen LogP contribution in [0.25, 0.3) is 0 Å². The van der Waals surface area contributed by atoms with Gasteiger partial charge in [0.05, 0.1) is 0 Å². The summed E-state index contributed by atoms with van der Waals surface area (Å²) < 4.78 is 26.1. The number of halogens is 2. The van der Waals surface area contributed by atoms with E-state index in [0.29, 0.717) is 16.9 Å². The molecule has 0 aliphatic heterocycles. The third-order valence-electron chi connectivity index (χ3n) is 3.83. The van der Waals surface area contributed by atoms with Crippen LogP contribution in [0.1, 0.15) is 15.9 Å². The molecule has 3 N–H and O–H groups in total. The van der Waals surface area contributed by atoms with Crippen molar-refractivity contribution in [3.63, 3.8) is 0 Å². The highest BCUT2D eigenvalue weighted by molar-refractivity contribution is 6.05. The third kappa shape index (κ3) is 5.38. The Labute approximate surface area is 160 Å². The highest BCUT2D eigenvalue weighted by Crippen LogP contribution is 2.14. The number of anilines is 2. The molecule has 0 aliphatic carbocycles. The second-order valence-electron chi connectivity index (χ2n) is 5.98. The van der Waals surface area contributed by atoms with Crippen LogP contribution in [0.4, 0.5) is 25.0 Å². The zero-order chi connectivity index (χ0) is 19.9. The van der Waals surface area contributed by atoms with Crippen LogP contribution in [-0.4, -0.2) is 11.9 Å². The summed E-state index contributed by atoms with van der Waals surface area (Å²) in [6.45, 7) is 0.228. The lowest BCUT2D eigenvalue weighted by molar-refractivity contribution is 0.102. The average molecular weight is 381 g/mol. The summed E-state index contributed by atoms with van der Waals surface area (Å²) >= 11 is 0. The Morgan fingerprint density at radius 1 is 0.750 bits per heavy atom. The molecule has 0 spiro atoms. The van der Waals surface area contributed by atoms with Crippen LogP contribution in [0, 0.1) is 11.6 Å². The third-order valence-corrected chi connectivity index (χ3v) is 3.83. The lowest BCUT2D eigenvalue weighted by Gasteiger charge is -2.10. The summed E-state index contributed by atoms with van der Waals surface area (Å²) in [5, 5.41) is 7.87. The fraction of sp³-hybridized carbons (Fsp3) is 0.0476. The summed E-state index contributed by atoms with van der Waals surface area (Å²) in [5.41, 5.74) is 1.81. The molecule has 3 aromatic rings. The van der Waals surface area contributed by atoms with Crippen molar-refractivity contribution in [2.45, 2.75) is 6.54 Å². The number of rotatable bonds is 5. The molecule has 0 aromatic heterocycles. The Balaban J connectivity index is 1.58. The second kappa shape index (κ2) is 8.77. The van der Waals surface area contributed by atoms with Gasteiger partial charge in [0.25, 0.3) is 5.91 Å². The number of hydrogen-bond acceptors (Lipinski definition) is 2. The van der Waals surface area contributed by atoms with Gasteiger partial charge in [0, 0.05) is 23.5 Å². The molecule has 3 aromatic carbocycles. The minimum absolute atomic E-state index is 0.228. The smallest absolute Gasteiger partial charge is 0.319 e. The van der Waals surface area contributed by atoms with E-state index in [1.807, 2.05) is 0 Å². The molecule has 0 unspecified atom stereocenters. The number of nitrogens with one attached hydrogen (secondary N) is 3. The normalized spacial score (nSPS) is 10.2. The first kappa shape index (κ1) is 19.0. The van der Waals surface area contributed by atoms with Gasteiger partial charge in [-0.1, -0.05) is 24.3 Å². The number of hydrogen-bond donors (Lipinski definition) is 3. The molecule has 0 radical (unpaired) electrons. The van der Waals surface area contributed by atoms with Crippen molar-refractivity contribution < 1.29 is 18.4 Å². The lowest BCUT2D eigenvalue weighted by atomic mass is 10.2. The maximum Gasteiger partial charge on any atom is 0.319 e. The van der Waals surface area contributed by atoms with Crippen LogP contribution in [-0.2, 0) is 6.54 Å². The van der Waals surface area contributed by atoms with Crippen molar-refractivity contribution in [1.82, 2.24) is 5.32 Å². The quantitative estimate of drug-likeness (QED) is 0.607. The van der Waals surface area contributed by atoms with Crippen LogP contribution in [0.2, 0.25) is 0 Å². The topological polar surface area (TPSA) is 70.2 Å². The van der Waals surface area contributed by atoms with Gasteiger partial charge < -0.3 is 16.0 Å². The molecule has 0 fully saturated rings. The van der Waals surface area contributed by atoms with E-state index in [1.54, 1.807) is 36.4 Å². The fourth-order valence-electron chi connectivity index (χ4n) is 2.47. The number of benzene rings is 3. The molecule has 0 aliphatic rings. The SMILES string of the molecule is O=C(NCc1ccc(F)cc1)Nc1cccc(C(=O)Nc2cccc(F)c2)c1. The van der Waals surface area contributed by atoms with Gasteiger partial charge in [-0.25, -0.2) is 13.6 Å². The van der Waals surface area contributed by atoms with Crippen molar-refractivity contribution in [3.05, 3.63) is 95.6 Å². The van der Waals surface area contributed by atoms with Crippen molar-refractivity contribution in [2.75, 3.05) is 10.6 Å². The van der Waals surface area contributed by atoms with E-state index in [1.165, 1.54) is 36.4 Å². The largest absolute Gasteiger partial charge is 0.334 e. The Bertz CT molecular complexity index is 991. The minimum atomic E-state index is -0.466. The summed E-state index contributed by atoms with van der Waals surface area (Å²) in [5.74, 6) is -1.23. The molecule has 5 nitrogen and oxygen atoms in total. The Hall–Kier alpha value is -3.74. The first-order valence-corrected chi connectivity index (χ1v) is 8.46. The molecule has 0 heterocycles. The Morgan fingerprint density at radius 3 is 2.14 bits per heavy atom. The maximum absolute atomic E-state index is 13.2. The van der Waals surface area contributed by atoms with Gasteiger partial charge in [0.15, 0.2) is 0 Å². The molecular formula is C21H17F2N3O2. The molecule has 3 amide bonds. The van der Waals surface area contributed by atoms with E-state index in [0.717, 1.165) is 5.56 Å². The lowest BCUT2D eigenvalue weighted by Crippen LogP contribution is -2.28. The fourth-order valence-corrected chi connectivity index (χ4v) is 2.47. The average Bonchev–Trinajstić information content (AvgIpc) is 2.68. The van der Waals surface area contributed by atoms with E-state index >= 15 is 0 Å². The van der Waals surface area contributed by atoms with E-state index in [9.17, 15) is 18.4 Å². The van der Waals surface area contributed by atoms with Gasteiger partial charge in [0.2, 0.25) is 0 Å². The molecule has 142 valence electrons. The standard InChI is InChI=1S/C21H17F2N3O2/c22-16-9-7-14(8-10-16)13-24-21(28)26-18-5-1-3-15(11-18)20(27)25-19-6-2-4-17(23)12-19/h1-12H,13H2,(H,25,27)(H2,24,26,28). The Morgan fingerprint density at radius 2 is 1.43 bits per heavy atom. The van der Waals surface area contributed by atoms with Crippen LogP contribution in [0.3, 0.4) is 0 Å². The monoisotopic (exact) mass is 381 g/mol. The summed E-state index contributed by atoms with van der Waals surface area (Å²) in [6.07, 6.45) is 0. The van der Waals surface area contributed by atoms with Crippen molar-refractivity contribution in [2.24, 2.45) is 0 Å². The van der Waals surface area contributed by atoms with Gasteiger partial charge in [-0.05, 0) is 54.1 Å². The first-order valence-electron chi connectivity index (χ1n) is 8.46. The van der Waals surface area contributed by atoms with Crippen LogP contribution >= 0.6 is 0 Å². The predicted molar refractivity (Wildman–Crippen MR) is 103 cm³/mol. The molecule has 0 saturated heterocycles. The zero-order valence-corrected chi connectivity index (χ0v) is 14.7. The molecule has 0 atom stereocenters. The van der Waals surface area contributed by atoms with E-state index < -0.39 is 17.8 Å². The van der Waals surface area contributed by atoms with Crippen LogP contribution in [0.15, 0.2) is 72.8 Å².